The van der Waals surface area contributed by atoms with Crippen LogP contribution in [0.1, 0.15) is 5.69 Å². The fourth-order valence-electron chi connectivity index (χ4n) is 2.33. The van der Waals surface area contributed by atoms with Gasteiger partial charge in [0.1, 0.15) is 6.54 Å². The molecule has 0 radical (unpaired) electrons. The maximum Gasteiger partial charge on any atom is 0.332 e. The molecule has 128 valence electrons. The number of hydrogen-bond acceptors (Lipinski definition) is 6. The number of carbonyl (C=O) groups is 1. The highest BCUT2D eigenvalue weighted by Crippen LogP contribution is 2.04. The lowest BCUT2D eigenvalue weighted by Crippen LogP contribution is -2.38. The van der Waals surface area contributed by atoms with Gasteiger partial charge >= 0.3 is 5.69 Å². The van der Waals surface area contributed by atoms with E-state index < -0.39 is 17.2 Å². The van der Waals surface area contributed by atoms with Crippen LogP contribution in [0.25, 0.3) is 11.2 Å². The van der Waals surface area contributed by atoms with E-state index in [1.165, 1.54) is 35.8 Å². The second kappa shape index (κ2) is 6.51. The Balaban J connectivity index is 1.82. The number of hydrazone groups is 1. The van der Waals surface area contributed by atoms with Gasteiger partial charge in [0.15, 0.2) is 11.2 Å². The molecule has 3 rings (SSSR count). The number of aryl methyl sites for hydroxylation is 1. The Morgan fingerprint density at radius 3 is 2.76 bits per heavy atom. The molecule has 0 aliphatic carbocycles. The van der Waals surface area contributed by atoms with Crippen LogP contribution in [0.3, 0.4) is 0 Å². The monoisotopic (exact) mass is 341 g/mol. The standard InChI is InChI=1S/C15H15N7O3/c1-20-13-12(14(24)21(2)15(20)25)22(9-17-13)8-11(23)19-18-7-10-5-3-4-6-16-10/h3-7,9H,8H2,1-2H3,(H,19,23). The number of imidazole rings is 1. The molecule has 1 N–H and O–H groups in total. The van der Waals surface area contributed by atoms with E-state index in [-0.39, 0.29) is 17.7 Å². The summed E-state index contributed by atoms with van der Waals surface area (Å²) in [7, 11) is 2.89. The summed E-state index contributed by atoms with van der Waals surface area (Å²) in [5.41, 5.74) is 2.36. The van der Waals surface area contributed by atoms with E-state index in [0.717, 1.165) is 4.57 Å². The van der Waals surface area contributed by atoms with Gasteiger partial charge in [-0.3, -0.25) is 23.7 Å². The molecule has 0 saturated heterocycles. The van der Waals surface area contributed by atoms with E-state index in [9.17, 15) is 14.4 Å². The smallest absolute Gasteiger partial charge is 0.315 e. The molecule has 0 atom stereocenters. The fourth-order valence-corrected chi connectivity index (χ4v) is 2.33. The first-order valence-corrected chi connectivity index (χ1v) is 7.33. The highest BCUT2D eigenvalue weighted by Gasteiger charge is 2.15. The number of hydrogen-bond donors (Lipinski definition) is 1. The summed E-state index contributed by atoms with van der Waals surface area (Å²) in [4.78, 5) is 44.3. The maximum absolute atomic E-state index is 12.3. The van der Waals surface area contributed by atoms with Crippen LogP contribution >= 0.6 is 0 Å². The van der Waals surface area contributed by atoms with Crippen molar-refractivity contribution < 1.29 is 4.79 Å². The molecule has 0 bridgehead atoms. The van der Waals surface area contributed by atoms with E-state index >= 15 is 0 Å². The van der Waals surface area contributed by atoms with Crippen molar-refractivity contribution in [2.45, 2.75) is 6.54 Å². The minimum Gasteiger partial charge on any atom is -0.315 e. The molecular formula is C15H15N7O3. The second-order valence-electron chi connectivity index (χ2n) is 5.30. The summed E-state index contributed by atoms with van der Waals surface area (Å²) in [5.74, 6) is -0.442. The van der Waals surface area contributed by atoms with Crippen molar-refractivity contribution in [3.63, 3.8) is 0 Å². The van der Waals surface area contributed by atoms with E-state index in [0.29, 0.717) is 5.69 Å². The van der Waals surface area contributed by atoms with Crippen molar-refractivity contribution in [3.8, 4) is 0 Å². The molecule has 10 heteroatoms. The number of nitrogens with zero attached hydrogens (tertiary/aromatic N) is 6. The third kappa shape index (κ3) is 3.09. The van der Waals surface area contributed by atoms with E-state index in [4.69, 9.17) is 0 Å². The highest BCUT2D eigenvalue weighted by molar-refractivity contribution is 5.81. The van der Waals surface area contributed by atoms with Crippen LogP contribution in [0.15, 0.2) is 45.4 Å². The molecule has 25 heavy (non-hydrogen) atoms. The van der Waals surface area contributed by atoms with Gasteiger partial charge in [-0.25, -0.2) is 15.2 Å². The molecule has 10 nitrogen and oxygen atoms in total. The molecular weight excluding hydrogens is 326 g/mol. The molecule has 3 aromatic rings. The van der Waals surface area contributed by atoms with Crippen LogP contribution in [0.5, 0.6) is 0 Å². The number of nitrogens with one attached hydrogen (secondary N) is 1. The zero-order valence-corrected chi connectivity index (χ0v) is 13.6. The van der Waals surface area contributed by atoms with Gasteiger partial charge in [0.25, 0.3) is 11.5 Å². The lowest BCUT2D eigenvalue weighted by Gasteiger charge is -2.05. The Bertz CT molecular complexity index is 1080. The predicted octanol–water partition coefficient (Wildman–Crippen LogP) is -1.02. The van der Waals surface area contributed by atoms with Crippen molar-refractivity contribution in [2.24, 2.45) is 19.2 Å². The molecule has 3 aromatic heterocycles. The van der Waals surface area contributed by atoms with Gasteiger partial charge in [0.2, 0.25) is 0 Å². The Morgan fingerprint density at radius 1 is 1.24 bits per heavy atom. The van der Waals surface area contributed by atoms with Gasteiger partial charge in [-0.15, -0.1) is 0 Å². The van der Waals surface area contributed by atoms with Gasteiger partial charge in [-0.2, -0.15) is 5.10 Å². The van der Waals surface area contributed by atoms with E-state index in [1.54, 1.807) is 24.4 Å². The second-order valence-corrected chi connectivity index (χ2v) is 5.30. The van der Waals surface area contributed by atoms with Crippen LogP contribution < -0.4 is 16.7 Å². The van der Waals surface area contributed by atoms with E-state index in [1.807, 2.05) is 0 Å². The average molecular weight is 341 g/mol. The Kier molecular flexibility index (Phi) is 4.25. The molecule has 0 spiro atoms. The normalized spacial score (nSPS) is 11.3. The number of rotatable bonds is 4. The molecule has 0 unspecified atom stereocenters. The summed E-state index contributed by atoms with van der Waals surface area (Å²) < 4.78 is 3.60. The van der Waals surface area contributed by atoms with Crippen LogP contribution in [0, 0.1) is 0 Å². The SMILES string of the molecule is Cn1c(=O)c2c(ncn2CC(=O)NN=Cc2ccccn2)n(C)c1=O. The predicted molar refractivity (Wildman–Crippen MR) is 90.2 cm³/mol. The Hall–Kier alpha value is -3.56. The van der Waals surface area contributed by atoms with E-state index in [2.05, 4.69) is 20.5 Å². The van der Waals surface area contributed by atoms with Crippen LogP contribution in [0.4, 0.5) is 0 Å². The number of aromatic nitrogens is 5. The molecule has 0 saturated carbocycles. The van der Waals surface area contributed by atoms with Crippen molar-refractivity contribution in [3.05, 3.63) is 57.3 Å². The first kappa shape index (κ1) is 16.3. The molecule has 3 heterocycles. The number of pyridine rings is 1. The van der Waals surface area contributed by atoms with Crippen LogP contribution in [0.2, 0.25) is 0 Å². The lowest BCUT2D eigenvalue weighted by molar-refractivity contribution is -0.121. The fraction of sp³-hybridized carbons (Fsp3) is 0.200. The minimum atomic E-state index is -0.514. The van der Waals surface area contributed by atoms with Gasteiger partial charge in [0, 0.05) is 20.3 Å². The summed E-state index contributed by atoms with van der Waals surface area (Å²) in [6.45, 7) is -0.163. The summed E-state index contributed by atoms with van der Waals surface area (Å²) in [6.07, 6.45) is 4.36. The number of amides is 1. The van der Waals surface area contributed by atoms with Crippen LogP contribution in [-0.2, 0) is 25.4 Å². The first-order valence-electron chi connectivity index (χ1n) is 7.33. The molecule has 0 aliphatic heterocycles. The average Bonchev–Trinajstić information content (AvgIpc) is 3.02. The van der Waals surface area contributed by atoms with Crippen molar-refractivity contribution in [2.75, 3.05) is 0 Å². The largest absolute Gasteiger partial charge is 0.332 e. The Morgan fingerprint density at radius 2 is 2.04 bits per heavy atom. The minimum absolute atomic E-state index is 0.163. The first-order chi connectivity index (χ1) is 12.0. The third-order valence-electron chi connectivity index (χ3n) is 3.60. The topological polar surface area (TPSA) is 116 Å². The van der Waals surface area contributed by atoms with Gasteiger partial charge < -0.3 is 4.57 Å². The van der Waals surface area contributed by atoms with Crippen molar-refractivity contribution in [1.82, 2.24) is 29.1 Å². The summed E-state index contributed by atoms with van der Waals surface area (Å²) in [5, 5.41) is 3.81. The molecule has 0 aliphatic rings. The lowest BCUT2D eigenvalue weighted by atomic mass is 10.4. The number of carbonyl (C=O) groups excluding carboxylic acids is 1. The highest BCUT2D eigenvalue weighted by atomic mass is 16.2. The number of fused-ring (bicyclic) bond motifs is 1. The molecule has 0 aromatic carbocycles. The zero-order chi connectivity index (χ0) is 18.0. The summed E-state index contributed by atoms with van der Waals surface area (Å²) in [6, 6.07) is 5.31. The Labute approximate surface area is 141 Å². The van der Waals surface area contributed by atoms with Gasteiger partial charge in [-0.1, -0.05) is 6.07 Å². The zero-order valence-electron chi connectivity index (χ0n) is 13.6. The van der Waals surface area contributed by atoms with Gasteiger partial charge in [0.05, 0.1) is 18.2 Å². The van der Waals surface area contributed by atoms with Crippen LogP contribution in [-0.4, -0.2) is 35.8 Å². The van der Waals surface area contributed by atoms with Gasteiger partial charge in [-0.05, 0) is 12.1 Å². The summed E-state index contributed by atoms with van der Waals surface area (Å²) >= 11 is 0. The molecule has 0 fully saturated rings. The third-order valence-corrected chi connectivity index (χ3v) is 3.60. The quantitative estimate of drug-likeness (QED) is 0.481. The van der Waals surface area contributed by atoms with Crippen molar-refractivity contribution in [1.29, 1.82) is 0 Å². The van der Waals surface area contributed by atoms with Crippen molar-refractivity contribution >= 4 is 23.3 Å². The maximum atomic E-state index is 12.3. The molecule has 1 amide bonds.